The van der Waals surface area contributed by atoms with E-state index in [-0.39, 0.29) is 24.2 Å². The molecule has 0 spiro atoms. The van der Waals surface area contributed by atoms with Gasteiger partial charge in [0.1, 0.15) is 0 Å². The van der Waals surface area contributed by atoms with E-state index in [0.29, 0.717) is 31.1 Å². The molecule has 0 aromatic carbocycles. The first-order chi connectivity index (χ1) is 10.9. The molecule has 0 bridgehead atoms. The van der Waals surface area contributed by atoms with Crippen LogP contribution in [-0.4, -0.2) is 66.3 Å². The third-order valence-electron chi connectivity index (χ3n) is 4.24. The van der Waals surface area contributed by atoms with E-state index in [2.05, 4.69) is 5.32 Å². The number of aryl methyl sites for hydroxylation is 1. The highest BCUT2D eigenvalue weighted by Crippen LogP contribution is 2.26. The summed E-state index contributed by atoms with van der Waals surface area (Å²) in [6.07, 6.45) is -0.445. The van der Waals surface area contributed by atoms with Gasteiger partial charge in [-0.3, -0.25) is 14.9 Å². The van der Waals surface area contributed by atoms with Crippen molar-refractivity contribution in [3.8, 4) is 0 Å². The van der Waals surface area contributed by atoms with Gasteiger partial charge in [-0.15, -0.1) is 23.7 Å². The van der Waals surface area contributed by atoms with Crippen LogP contribution >= 0.6 is 23.7 Å². The maximum Gasteiger partial charge on any atom is 0.264 e. The smallest absolute Gasteiger partial charge is 0.264 e. The van der Waals surface area contributed by atoms with Crippen LogP contribution in [0.15, 0.2) is 12.1 Å². The van der Waals surface area contributed by atoms with Crippen LogP contribution in [0.2, 0.25) is 0 Å². The second kappa shape index (κ2) is 7.33. The Labute approximate surface area is 149 Å². The van der Waals surface area contributed by atoms with Crippen LogP contribution in [0.3, 0.4) is 0 Å². The van der Waals surface area contributed by atoms with E-state index in [0.717, 1.165) is 4.88 Å². The molecule has 0 aliphatic carbocycles. The Hall–Kier alpha value is -1.25. The number of amides is 2. The third kappa shape index (κ3) is 4.04. The number of carbonyl (C=O) groups is 2. The molecule has 2 aliphatic rings. The molecule has 9 heteroatoms. The van der Waals surface area contributed by atoms with E-state index in [4.69, 9.17) is 0 Å². The fourth-order valence-corrected chi connectivity index (χ4v) is 3.78. The Bertz CT molecular complexity index is 618. The summed E-state index contributed by atoms with van der Waals surface area (Å²) < 4.78 is 26.4. The molecule has 1 unspecified atom stereocenters. The molecule has 2 amide bonds. The molecular formula is C15H20ClF2N3O2S. The molecule has 1 atom stereocenters. The maximum atomic E-state index is 13.2. The Kier molecular flexibility index (Phi) is 5.83. The van der Waals surface area contributed by atoms with E-state index >= 15 is 0 Å². The van der Waals surface area contributed by atoms with Gasteiger partial charge >= 0.3 is 0 Å². The Morgan fingerprint density at radius 3 is 2.33 bits per heavy atom. The number of halogens is 3. The lowest BCUT2D eigenvalue weighted by Crippen LogP contribution is -2.54. The third-order valence-corrected chi connectivity index (χ3v) is 5.23. The molecule has 0 radical (unpaired) electrons. The maximum absolute atomic E-state index is 13.2. The summed E-state index contributed by atoms with van der Waals surface area (Å²) in [7, 11) is 0. The van der Waals surface area contributed by atoms with Gasteiger partial charge in [0.2, 0.25) is 5.91 Å². The second-order valence-corrected chi connectivity index (χ2v) is 7.31. The number of nitrogens with one attached hydrogen (secondary N) is 1. The van der Waals surface area contributed by atoms with Crippen LogP contribution in [0, 0.1) is 6.92 Å². The van der Waals surface area contributed by atoms with Crippen LogP contribution in [0.5, 0.6) is 0 Å². The fraction of sp³-hybridized carbons (Fsp3) is 0.600. The average Bonchev–Trinajstić information content (AvgIpc) is 3.11. The van der Waals surface area contributed by atoms with E-state index in [1.54, 1.807) is 9.80 Å². The zero-order valence-electron chi connectivity index (χ0n) is 13.3. The predicted molar refractivity (Wildman–Crippen MR) is 90.1 cm³/mol. The number of rotatable bonds is 2. The number of nitrogens with zero attached hydrogens (tertiary/aromatic N) is 2. The van der Waals surface area contributed by atoms with Crippen molar-refractivity contribution in [2.75, 3.05) is 32.7 Å². The van der Waals surface area contributed by atoms with Crippen molar-refractivity contribution in [2.24, 2.45) is 0 Å². The van der Waals surface area contributed by atoms with E-state index in [1.807, 2.05) is 19.1 Å². The van der Waals surface area contributed by atoms with Crippen LogP contribution in [0.1, 0.15) is 21.0 Å². The molecule has 2 saturated heterocycles. The quantitative estimate of drug-likeness (QED) is 0.852. The van der Waals surface area contributed by atoms with Gasteiger partial charge in [-0.25, -0.2) is 8.78 Å². The SMILES string of the molecule is Cc1ccc(C(=O)N2CCN(C(=O)C3CC(F)(F)CN3)CC2)s1.Cl. The minimum atomic E-state index is -2.81. The molecule has 2 fully saturated rings. The molecule has 5 nitrogen and oxygen atoms in total. The highest BCUT2D eigenvalue weighted by atomic mass is 35.5. The first kappa shape index (κ1) is 19.1. The summed E-state index contributed by atoms with van der Waals surface area (Å²) in [6.45, 7) is 3.15. The largest absolute Gasteiger partial charge is 0.338 e. The van der Waals surface area contributed by atoms with E-state index in [1.165, 1.54) is 11.3 Å². The van der Waals surface area contributed by atoms with Crippen molar-refractivity contribution >= 4 is 35.6 Å². The minimum absolute atomic E-state index is 0. The Morgan fingerprint density at radius 2 is 1.83 bits per heavy atom. The zero-order valence-corrected chi connectivity index (χ0v) is 14.9. The number of carbonyl (C=O) groups excluding carboxylic acids is 2. The molecule has 1 aromatic heterocycles. The van der Waals surface area contributed by atoms with Gasteiger partial charge in [0.05, 0.1) is 17.5 Å². The van der Waals surface area contributed by atoms with Crippen LogP contribution in [0.4, 0.5) is 8.78 Å². The van der Waals surface area contributed by atoms with Gasteiger partial charge in [-0.2, -0.15) is 0 Å². The monoisotopic (exact) mass is 379 g/mol. The van der Waals surface area contributed by atoms with Gasteiger partial charge in [-0.05, 0) is 19.1 Å². The van der Waals surface area contributed by atoms with Gasteiger partial charge in [0, 0.05) is 37.5 Å². The summed E-state index contributed by atoms with van der Waals surface area (Å²) in [6, 6.07) is 2.90. The van der Waals surface area contributed by atoms with E-state index in [9.17, 15) is 18.4 Å². The van der Waals surface area contributed by atoms with Crippen molar-refractivity contribution in [3.05, 3.63) is 21.9 Å². The zero-order chi connectivity index (χ0) is 16.6. The van der Waals surface area contributed by atoms with E-state index < -0.39 is 24.9 Å². The van der Waals surface area contributed by atoms with Crippen molar-refractivity contribution in [1.82, 2.24) is 15.1 Å². The van der Waals surface area contributed by atoms with Crippen molar-refractivity contribution in [1.29, 1.82) is 0 Å². The number of thiophene rings is 1. The Balaban J connectivity index is 0.00000208. The highest BCUT2D eigenvalue weighted by Gasteiger charge is 2.43. The predicted octanol–water partition coefficient (Wildman–Crippen LogP) is 1.76. The molecular weight excluding hydrogens is 360 g/mol. The normalized spacial score (nSPS) is 23.0. The number of hydrogen-bond acceptors (Lipinski definition) is 4. The number of alkyl halides is 2. The lowest BCUT2D eigenvalue weighted by Gasteiger charge is -2.35. The molecule has 1 aromatic rings. The molecule has 134 valence electrons. The summed E-state index contributed by atoms with van der Waals surface area (Å²) in [5.74, 6) is -3.13. The molecule has 1 N–H and O–H groups in total. The summed E-state index contributed by atoms with van der Waals surface area (Å²) in [5.41, 5.74) is 0. The van der Waals surface area contributed by atoms with Crippen LogP contribution in [0.25, 0.3) is 0 Å². The molecule has 3 rings (SSSR count). The lowest BCUT2D eigenvalue weighted by molar-refractivity contribution is -0.135. The fourth-order valence-electron chi connectivity index (χ4n) is 2.95. The topological polar surface area (TPSA) is 52.7 Å². The highest BCUT2D eigenvalue weighted by molar-refractivity contribution is 7.13. The van der Waals surface area contributed by atoms with Gasteiger partial charge in [0.15, 0.2) is 0 Å². The second-order valence-electron chi connectivity index (χ2n) is 6.02. The minimum Gasteiger partial charge on any atom is -0.338 e. The van der Waals surface area contributed by atoms with Gasteiger partial charge < -0.3 is 9.80 Å². The first-order valence-corrected chi connectivity index (χ1v) is 8.43. The summed E-state index contributed by atoms with van der Waals surface area (Å²) >= 11 is 1.45. The first-order valence-electron chi connectivity index (χ1n) is 7.61. The molecule has 24 heavy (non-hydrogen) atoms. The number of piperazine rings is 1. The van der Waals surface area contributed by atoms with Crippen LogP contribution < -0.4 is 5.32 Å². The Morgan fingerprint density at radius 1 is 1.21 bits per heavy atom. The van der Waals surface area contributed by atoms with Crippen molar-refractivity contribution in [3.63, 3.8) is 0 Å². The van der Waals surface area contributed by atoms with Crippen molar-refractivity contribution < 1.29 is 18.4 Å². The lowest BCUT2D eigenvalue weighted by atomic mass is 10.1. The molecule has 3 heterocycles. The summed E-state index contributed by atoms with van der Waals surface area (Å²) in [4.78, 5) is 29.7. The van der Waals surface area contributed by atoms with Crippen molar-refractivity contribution in [2.45, 2.75) is 25.3 Å². The molecule has 0 saturated carbocycles. The standard InChI is InChI=1S/C15H19F2N3O2S.ClH/c1-10-2-3-12(23-10)14(22)20-6-4-19(5-7-20)13(21)11-8-15(16,17)9-18-11;/h2-3,11,18H,4-9H2,1H3;1H. The summed E-state index contributed by atoms with van der Waals surface area (Å²) in [5, 5.41) is 2.59. The average molecular weight is 380 g/mol. The number of hydrogen-bond donors (Lipinski definition) is 1. The molecule has 2 aliphatic heterocycles. The van der Waals surface area contributed by atoms with Gasteiger partial charge in [-0.1, -0.05) is 0 Å². The van der Waals surface area contributed by atoms with Gasteiger partial charge in [0.25, 0.3) is 11.8 Å². The van der Waals surface area contributed by atoms with Crippen LogP contribution in [-0.2, 0) is 4.79 Å².